The summed E-state index contributed by atoms with van der Waals surface area (Å²) in [6.45, 7) is 6.71. The fourth-order valence-corrected chi connectivity index (χ4v) is 13.4. The summed E-state index contributed by atoms with van der Waals surface area (Å²) in [7, 11) is 0. The Hall–Kier alpha value is -11.4. The maximum absolute atomic E-state index is 13.0. The Morgan fingerprint density at radius 1 is 0.586 bits per heavy atom. The van der Waals surface area contributed by atoms with Gasteiger partial charge in [-0.1, -0.05) is 91.0 Å². The fraction of sp³-hybridized carbons (Fsp3) is 0.474. The molecule has 1 aromatic heterocycles. The molecule has 588 valence electrons. The number of carbonyl (C=O) groups is 11. The molecule has 7 aliphatic rings. The molecule has 5 atom stereocenters. The van der Waals surface area contributed by atoms with Gasteiger partial charge in [-0.25, -0.2) is 24.2 Å². The maximum Gasteiger partial charge on any atom is 1.00 e. The first kappa shape index (κ1) is 83.6. The van der Waals surface area contributed by atoms with Crippen LogP contribution in [0.4, 0.5) is 9.59 Å². The molecule has 3 saturated heterocycles. The predicted molar refractivity (Wildman–Crippen MR) is 396 cm³/mol. The number of carboxylic acids is 3. The van der Waals surface area contributed by atoms with Crippen molar-refractivity contribution in [1.82, 2.24) is 72.5 Å². The Morgan fingerprint density at radius 2 is 1.10 bits per heavy atom. The molecule has 7 heterocycles. The van der Waals surface area contributed by atoms with Crippen molar-refractivity contribution >= 4 is 88.5 Å². The van der Waals surface area contributed by atoms with Crippen LogP contribution in [0.2, 0.25) is 0 Å². The van der Waals surface area contributed by atoms with E-state index in [-0.39, 0.29) is 117 Å². The van der Waals surface area contributed by atoms with Crippen LogP contribution in [0.1, 0.15) is 92.8 Å². The van der Waals surface area contributed by atoms with Gasteiger partial charge in [0.2, 0.25) is 35.4 Å². The third-order valence-electron chi connectivity index (χ3n) is 19.6. The molecular weight excluding hydrogens is 1430 g/mol. The van der Waals surface area contributed by atoms with Crippen LogP contribution in [-0.2, 0) is 72.3 Å². The number of H-pyrrole nitrogens is 1. The molecule has 1 unspecified atom stereocenters. The number of alkyl carbamates (subject to hydrolysis) is 2. The normalized spacial score (nSPS) is 18.1. The molecule has 12 N–H and O–H groups in total. The van der Waals surface area contributed by atoms with Gasteiger partial charge in [-0.2, -0.15) is 0 Å². The minimum absolute atomic E-state index is 0. The Kier molecular flexibility index (Phi) is 32.0. The molecule has 4 aromatic carbocycles. The number of amides is 8. The summed E-state index contributed by atoms with van der Waals surface area (Å²) in [5.41, 5.74) is 3.98. The monoisotopic (exact) mass is 1530 g/mol. The number of aromatic amines is 1. The molecule has 6 aliphatic heterocycles. The van der Waals surface area contributed by atoms with Gasteiger partial charge in [-0.05, 0) is 85.9 Å². The molecule has 5 aromatic rings. The summed E-state index contributed by atoms with van der Waals surface area (Å²) in [6, 6.07) is 27.5. The van der Waals surface area contributed by atoms with Crippen molar-refractivity contribution in [1.29, 1.82) is 0 Å². The van der Waals surface area contributed by atoms with E-state index in [1.54, 1.807) is 81.4 Å². The average Bonchev–Trinajstić information content (AvgIpc) is 1.83. The van der Waals surface area contributed by atoms with Crippen LogP contribution >= 0.6 is 0 Å². The number of piperidine rings is 3. The van der Waals surface area contributed by atoms with Gasteiger partial charge in [-0.15, -0.1) is 0 Å². The molecule has 12 rings (SSSR count). The number of aromatic nitrogens is 2. The third kappa shape index (κ3) is 26.1. The number of nitrogens with one attached hydrogen (secondary N) is 10. The first-order valence-corrected chi connectivity index (χ1v) is 37.2. The molecule has 0 saturated carbocycles. The maximum atomic E-state index is 13.0. The van der Waals surface area contributed by atoms with Crippen molar-refractivity contribution in [2.75, 3.05) is 98.3 Å². The van der Waals surface area contributed by atoms with Crippen molar-refractivity contribution in [2.24, 2.45) is 33.7 Å². The second-order valence-electron chi connectivity index (χ2n) is 27.3. The molecule has 111 heavy (non-hydrogen) atoms. The van der Waals surface area contributed by atoms with E-state index >= 15 is 0 Å². The number of aryl methyl sites for hydroxylation is 1. The van der Waals surface area contributed by atoms with Crippen LogP contribution in [-0.4, -0.2) is 229 Å². The number of imidazole rings is 1. The number of aliphatic imine (C=N–C) groups is 2. The van der Waals surface area contributed by atoms with Crippen LogP contribution in [0.25, 0.3) is 11.0 Å². The van der Waals surface area contributed by atoms with Crippen LogP contribution in [0.5, 0.6) is 11.5 Å². The number of fused-ring (bicyclic) bond motifs is 2. The minimum Gasteiger partial charge on any atom is -0.550 e. The molecule has 0 bridgehead atoms. The molecule has 34 nitrogen and oxygen atoms in total. The summed E-state index contributed by atoms with van der Waals surface area (Å²) in [5, 5.41) is 55.5. The smallest absolute Gasteiger partial charge is 0.550 e. The van der Waals surface area contributed by atoms with Gasteiger partial charge < -0.3 is 107 Å². The van der Waals surface area contributed by atoms with Crippen LogP contribution in [0, 0.1) is 23.7 Å². The second-order valence-corrected chi connectivity index (χ2v) is 27.3. The third-order valence-corrected chi connectivity index (χ3v) is 19.6. The number of carboxylic acid groups (broad SMARTS) is 3. The second kappa shape index (κ2) is 42.5. The van der Waals surface area contributed by atoms with E-state index in [1.807, 2.05) is 48.6 Å². The zero-order valence-electron chi connectivity index (χ0n) is 62.0. The van der Waals surface area contributed by atoms with E-state index in [0.717, 1.165) is 60.1 Å². The average molecular weight is 1530 g/mol. The van der Waals surface area contributed by atoms with E-state index in [0.29, 0.717) is 146 Å². The Labute approximate surface area is 653 Å². The number of guanidine groups is 2. The largest absolute Gasteiger partial charge is 1.00 e. The van der Waals surface area contributed by atoms with Crippen LogP contribution in [0.3, 0.4) is 0 Å². The molecule has 8 amide bonds. The first-order chi connectivity index (χ1) is 53.3. The van der Waals surface area contributed by atoms with Crippen molar-refractivity contribution < 1.29 is 106 Å². The molecule has 3 fully saturated rings. The predicted octanol–water partition coefficient (Wildman–Crippen LogP) is -1.62. The standard InChI is InChI=1S/C27H30N4O6.C26H34N6O6.C23H32N6O6.Li/c32-25(8-7-24-28-19-3-1-2-4-20(19)29-24)31-11-9-17(10-12-31)27(35)30-21(16-26(33)34)18-5-6-22-23(15-18)37-14-13-36-22;33-22(29-15-21(24(35)36)31-26(37)38-16-17-4-2-1-3-5-17)18-8-12-32(13-9-18)23(34)19-6-7-20(14-19)30-25-27-10-11-28-25;30-19(6-9-24-22-25-10-11-26-22)29-12-7-17(8-13-29)20(31)27-14-18(21(32)33)28-23(34)35-15-16-4-2-1-3-5-16;/h1-6,15,17,21H,7-14,16H2,(H,28,29)(H,30,35)(H,33,34);1-7,18-21H,8-16H2,(H,29,33)(H,31,37)(H,35,36)(H2,27,28,30);1-5,17-18H,6-15H2,(H,27,31)(H,28,34)(H,32,33)(H2,24,25,26);/q;;;+1/p-1/t;19-,20+,21+;18-;/m.10./s1. The van der Waals surface area contributed by atoms with Crippen LogP contribution in [0.15, 0.2) is 125 Å². The Balaban J connectivity index is 0.000000191. The summed E-state index contributed by atoms with van der Waals surface area (Å²) in [5.74, 6) is -2.34. The number of hydrogen-bond acceptors (Lipinski definition) is 23. The number of carbonyl (C=O) groups excluding carboxylic acids is 9. The number of aliphatic carboxylic acids is 3. The summed E-state index contributed by atoms with van der Waals surface area (Å²) < 4.78 is 21.2. The molecular formula is C76H95LiN16O18. The van der Waals surface area contributed by atoms with Gasteiger partial charge in [0.25, 0.3) is 0 Å². The van der Waals surface area contributed by atoms with Crippen molar-refractivity contribution in [3.8, 4) is 11.5 Å². The molecule has 1 aliphatic carbocycles. The van der Waals surface area contributed by atoms with Gasteiger partial charge in [0.05, 0.1) is 36.1 Å². The number of ether oxygens (including phenoxy) is 4. The first-order valence-electron chi connectivity index (χ1n) is 37.2. The number of likely N-dealkylation sites (tertiary alicyclic amines) is 3. The fourth-order valence-electron chi connectivity index (χ4n) is 13.4. The Morgan fingerprint density at radius 3 is 1.63 bits per heavy atom. The van der Waals surface area contributed by atoms with Gasteiger partial charge in [0.1, 0.15) is 44.3 Å². The van der Waals surface area contributed by atoms with E-state index < -0.39 is 48.2 Å². The number of nitrogens with zero attached hydrogens (tertiary/aromatic N) is 6. The number of para-hydroxylation sites is 2. The van der Waals surface area contributed by atoms with Crippen molar-refractivity contribution in [3.63, 3.8) is 0 Å². The molecule has 0 spiro atoms. The number of rotatable bonds is 27. The zero-order valence-corrected chi connectivity index (χ0v) is 62.0. The van der Waals surface area contributed by atoms with Gasteiger partial charge in [0, 0.05) is 127 Å². The van der Waals surface area contributed by atoms with Crippen LogP contribution < -0.4 is 81.3 Å². The minimum atomic E-state index is -1.33. The van der Waals surface area contributed by atoms with E-state index in [1.165, 1.54) is 0 Å². The summed E-state index contributed by atoms with van der Waals surface area (Å²) in [4.78, 5) is 156. The number of benzene rings is 4. The quantitative estimate of drug-likeness (QED) is 0.0208. The summed E-state index contributed by atoms with van der Waals surface area (Å²) >= 11 is 0. The van der Waals surface area contributed by atoms with E-state index in [4.69, 9.17) is 18.9 Å². The molecule has 0 radical (unpaired) electrons. The van der Waals surface area contributed by atoms with Gasteiger partial charge in [-0.3, -0.25) is 38.8 Å². The number of hydrogen-bond donors (Lipinski definition) is 12. The SMILES string of the molecule is O=C(N[C@@H](CNC(=O)C1CCN(C(=O)CCNC2=NCCN2)CC1)C(=O)O)OCc1ccccc1.O=C(N[C@@H](CNC(=O)C1CCN(C(=O)[C@@H]2C=C[C@H](NC3=NCCN3)C2)CC1)C(=O)O)OCc1ccccc1.O=C([O-])CC(NC(=O)C1CCN(C(=O)CCc2nc3ccccc3[nH]2)CC1)c1ccc2c(c1)OCCO2.[Li+]. The van der Waals surface area contributed by atoms with Gasteiger partial charge in [0.15, 0.2) is 23.4 Å². The molecule has 35 heteroatoms. The zero-order chi connectivity index (χ0) is 77.7. The van der Waals surface area contributed by atoms with Gasteiger partial charge >= 0.3 is 43.0 Å². The van der Waals surface area contributed by atoms with E-state index in [9.17, 15) is 68.1 Å². The summed E-state index contributed by atoms with van der Waals surface area (Å²) in [6.07, 6.45) is 6.65. The topological polar surface area (TPSA) is 460 Å². The van der Waals surface area contributed by atoms with E-state index in [2.05, 4.69) is 67.8 Å². The Bertz CT molecular complexity index is 4070. The van der Waals surface area contributed by atoms with Crippen molar-refractivity contribution in [2.45, 2.75) is 108 Å². The van der Waals surface area contributed by atoms with Crippen molar-refractivity contribution in [3.05, 3.63) is 138 Å².